The van der Waals surface area contributed by atoms with Gasteiger partial charge in [-0.25, -0.2) is 4.98 Å². The van der Waals surface area contributed by atoms with Crippen molar-refractivity contribution < 1.29 is 9.90 Å². The van der Waals surface area contributed by atoms with E-state index in [0.29, 0.717) is 5.13 Å². The molecule has 0 saturated heterocycles. The van der Waals surface area contributed by atoms with Gasteiger partial charge < -0.3 is 10.4 Å². The van der Waals surface area contributed by atoms with E-state index >= 15 is 0 Å². The number of phenols is 1. The Kier molecular flexibility index (Phi) is 5.30. The molecular formula is C20H17N3O2S. The first-order chi connectivity index (χ1) is 12.6. The summed E-state index contributed by atoms with van der Waals surface area (Å²) in [5.41, 5.74) is 1.95. The van der Waals surface area contributed by atoms with Crippen LogP contribution in [-0.2, 0) is 4.79 Å². The molecule has 2 N–H and O–H groups in total. The molecule has 5 nitrogen and oxygen atoms in total. The average Bonchev–Trinajstić information content (AvgIpc) is 3.17. The number of benzene rings is 2. The summed E-state index contributed by atoms with van der Waals surface area (Å²) in [6, 6.07) is 16.5. The van der Waals surface area contributed by atoms with Crippen LogP contribution < -0.4 is 5.32 Å². The van der Waals surface area contributed by atoms with Gasteiger partial charge >= 0.3 is 0 Å². The number of carbonyl (C=O) groups excluding carboxylic acids is 1. The molecule has 0 aliphatic heterocycles. The van der Waals surface area contributed by atoms with Crippen LogP contribution in [0.15, 0.2) is 60.1 Å². The molecule has 0 aliphatic carbocycles. The van der Waals surface area contributed by atoms with Gasteiger partial charge in [-0.2, -0.15) is 5.26 Å². The third-order valence-electron chi connectivity index (χ3n) is 4.23. The Hall–Kier alpha value is -3.17. The van der Waals surface area contributed by atoms with E-state index in [0.717, 1.165) is 11.1 Å². The number of hydrogen-bond donors (Lipinski definition) is 2. The van der Waals surface area contributed by atoms with Gasteiger partial charge in [0, 0.05) is 23.4 Å². The van der Waals surface area contributed by atoms with E-state index in [2.05, 4.69) is 10.3 Å². The van der Waals surface area contributed by atoms with E-state index in [4.69, 9.17) is 0 Å². The fraction of sp³-hybridized carbons (Fsp3) is 0.150. The molecule has 26 heavy (non-hydrogen) atoms. The molecule has 1 aromatic heterocycles. The normalized spacial score (nSPS) is 12.8. The van der Waals surface area contributed by atoms with E-state index in [1.54, 1.807) is 23.7 Å². The van der Waals surface area contributed by atoms with Crippen molar-refractivity contribution in [3.05, 3.63) is 76.8 Å². The molecule has 0 spiro atoms. The van der Waals surface area contributed by atoms with Crippen LogP contribution in [0.4, 0.5) is 5.13 Å². The first-order valence-electron chi connectivity index (χ1n) is 8.08. The SMILES string of the molecule is CC(C(=O)Nc1nccs1)[C@H](c1ccccc1)c1ccc(O)c(C#N)c1. The minimum Gasteiger partial charge on any atom is -0.507 e. The van der Waals surface area contributed by atoms with Crippen LogP contribution in [0.1, 0.15) is 29.5 Å². The number of nitrogens with zero attached hydrogens (tertiary/aromatic N) is 2. The smallest absolute Gasteiger partial charge is 0.229 e. The second-order valence-electron chi connectivity index (χ2n) is 5.89. The molecule has 2 aromatic carbocycles. The summed E-state index contributed by atoms with van der Waals surface area (Å²) in [6.07, 6.45) is 1.64. The molecule has 6 heteroatoms. The fourth-order valence-electron chi connectivity index (χ4n) is 2.92. The van der Waals surface area contributed by atoms with Crippen LogP contribution in [0, 0.1) is 17.2 Å². The highest BCUT2D eigenvalue weighted by atomic mass is 32.1. The molecule has 3 aromatic rings. The van der Waals surface area contributed by atoms with Crippen molar-refractivity contribution in [2.75, 3.05) is 5.32 Å². The Balaban J connectivity index is 1.99. The predicted molar refractivity (Wildman–Crippen MR) is 101 cm³/mol. The third-order valence-corrected chi connectivity index (χ3v) is 4.92. The number of aromatic hydroxyl groups is 1. The van der Waals surface area contributed by atoms with Crippen molar-refractivity contribution in [2.45, 2.75) is 12.8 Å². The Morgan fingerprint density at radius 3 is 2.65 bits per heavy atom. The summed E-state index contributed by atoms with van der Waals surface area (Å²) in [5.74, 6) is -0.885. The molecular weight excluding hydrogens is 346 g/mol. The summed E-state index contributed by atoms with van der Waals surface area (Å²) in [7, 11) is 0. The van der Waals surface area contributed by atoms with E-state index < -0.39 is 5.92 Å². The summed E-state index contributed by atoms with van der Waals surface area (Å²) in [5, 5.41) is 24.2. The number of hydrogen-bond acceptors (Lipinski definition) is 5. The van der Waals surface area contributed by atoms with Gasteiger partial charge in [-0.05, 0) is 23.3 Å². The maximum atomic E-state index is 12.8. The first-order valence-corrected chi connectivity index (χ1v) is 8.96. The minimum atomic E-state index is -0.405. The predicted octanol–water partition coefficient (Wildman–Crippen LogP) is 4.13. The molecule has 1 heterocycles. The lowest BCUT2D eigenvalue weighted by atomic mass is 9.80. The zero-order valence-electron chi connectivity index (χ0n) is 14.1. The van der Waals surface area contributed by atoms with Gasteiger partial charge in [0.1, 0.15) is 11.8 Å². The number of anilines is 1. The zero-order chi connectivity index (χ0) is 18.5. The van der Waals surface area contributed by atoms with Gasteiger partial charge in [0.2, 0.25) is 5.91 Å². The number of phenolic OH excluding ortho intramolecular Hbond substituents is 1. The van der Waals surface area contributed by atoms with Crippen LogP contribution in [0.5, 0.6) is 5.75 Å². The zero-order valence-corrected chi connectivity index (χ0v) is 14.9. The molecule has 0 aliphatic rings. The quantitative estimate of drug-likeness (QED) is 0.714. The van der Waals surface area contributed by atoms with Gasteiger partial charge in [0.25, 0.3) is 0 Å². The maximum absolute atomic E-state index is 12.8. The van der Waals surface area contributed by atoms with Crippen molar-refractivity contribution in [3.63, 3.8) is 0 Å². The molecule has 0 bridgehead atoms. The standard InChI is InChI=1S/C20H17N3O2S/c1-13(19(25)23-20-22-9-10-26-20)18(14-5-3-2-4-6-14)15-7-8-17(24)16(11-15)12-21/h2-11,13,18,24H,1H3,(H,22,23,25)/t13?,18-/m1/s1. The highest BCUT2D eigenvalue weighted by Crippen LogP contribution is 2.34. The number of rotatable bonds is 5. The van der Waals surface area contributed by atoms with E-state index in [1.165, 1.54) is 17.4 Å². The third kappa shape index (κ3) is 3.73. The molecule has 0 radical (unpaired) electrons. The van der Waals surface area contributed by atoms with Crippen molar-refractivity contribution in [3.8, 4) is 11.8 Å². The largest absolute Gasteiger partial charge is 0.507 e. The molecule has 3 rings (SSSR count). The molecule has 1 amide bonds. The van der Waals surface area contributed by atoms with Gasteiger partial charge in [-0.3, -0.25) is 4.79 Å². The van der Waals surface area contributed by atoms with Crippen LogP contribution in [0.25, 0.3) is 0 Å². The van der Waals surface area contributed by atoms with Crippen molar-refractivity contribution in [1.29, 1.82) is 5.26 Å². The molecule has 0 fully saturated rings. The van der Waals surface area contributed by atoms with Crippen LogP contribution in [0.2, 0.25) is 0 Å². The maximum Gasteiger partial charge on any atom is 0.229 e. The Morgan fingerprint density at radius 2 is 2.00 bits per heavy atom. The topological polar surface area (TPSA) is 86.0 Å². The summed E-state index contributed by atoms with van der Waals surface area (Å²) in [6.45, 7) is 1.85. The lowest BCUT2D eigenvalue weighted by Gasteiger charge is -2.24. The molecule has 130 valence electrons. The Morgan fingerprint density at radius 1 is 1.23 bits per heavy atom. The number of nitriles is 1. The number of carbonyl (C=O) groups is 1. The monoisotopic (exact) mass is 363 g/mol. The van der Waals surface area contributed by atoms with Gasteiger partial charge in [0.15, 0.2) is 5.13 Å². The van der Waals surface area contributed by atoms with E-state index in [9.17, 15) is 15.2 Å². The van der Waals surface area contributed by atoms with Crippen LogP contribution in [0.3, 0.4) is 0 Å². The Labute approximate surface area is 155 Å². The highest BCUT2D eigenvalue weighted by Gasteiger charge is 2.28. The van der Waals surface area contributed by atoms with E-state index in [1.807, 2.05) is 43.3 Å². The van der Waals surface area contributed by atoms with E-state index in [-0.39, 0.29) is 23.1 Å². The van der Waals surface area contributed by atoms with Gasteiger partial charge in [-0.1, -0.05) is 43.3 Å². The number of thiazole rings is 1. The lowest BCUT2D eigenvalue weighted by molar-refractivity contribution is -0.119. The summed E-state index contributed by atoms with van der Waals surface area (Å²) in [4.78, 5) is 16.9. The number of nitrogens with one attached hydrogen (secondary N) is 1. The summed E-state index contributed by atoms with van der Waals surface area (Å²) < 4.78 is 0. The Bertz CT molecular complexity index is 933. The van der Waals surface area contributed by atoms with Crippen molar-refractivity contribution in [2.24, 2.45) is 5.92 Å². The number of amides is 1. The molecule has 0 saturated carbocycles. The van der Waals surface area contributed by atoms with Gasteiger partial charge in [0.05, 0.1) is 5.56 Å². The van der Waals surface area contributed by atoms with Crippen LogP contribution >= 0.6 is 11.3 Å². The average molecular weight is 363 g/mol. The fourth-order valence-corrected chi connectivity index (χ4v) is 3.45. The van der Waals surface area contributed by atoms with Crippen molar-refractivity contribution >= 4 is 22.4 Å². The van der Waals surface area contributed by atoms with Gasteiger partial charge in [-0.15, -0.1) is 11.3 Å². The second-order valence-corrected chi connectivity index (χ2v) is 6.79. The second kappa shape index (κ2) is 7.81. The molecule has 1 unspecified atom stereocenters. The minimum absolute atomic E-state index is 0.0667. The number of aromatic nitrogens is 1. The lowest BCUT2D eigenvalue weighted by Crippen LogP contribution is -2.26. The van der Waals surface area contributed by atoms with Crippen molar-refractivity contribution in [1.82, 2.24) is 4.98 Å². The first kappa shape index (κ1) is 17.6. The highest BCUT2D eigenvalue weighted by molar-refractivity contribution is 7.13. The molecule has 2 atom stereocenters. The van der Waals surface area contributed by atoms with Crippen LogP contribution in [-0.4, -0.2) is 16.0 Å². The summed E-state index contributed by atoms with van der Waals surface area (Å²) >= 11 is 1.36.